The van der Waals surface area contributed by atoms with Crippen molar-refractivity contribution in [1.82, 2.24) is 0 Å². The second-order valence-electron chi connectivity index (χ2n) is 17.7. The van der Waals surface area contributed by atoms with Gasteiger partial charge in [-0.2, -0.15) is 0 Å². The van der Waals surface area contributed by atoms with E-state index < -0.39 is 0 Å². The Hall–Kier alpha value is -2.25. The van der Waals surface area contributed by atoms with Gasteiger partial charge in [0.25, 0.3) is 0 Å². The van der Waals surface area contributed by atoms with Crippen molar-refractivity contribution in [3.8, 4) is 22.3 Å². The summed E-state index contributed by atoms with van der Waals surface area (Å²) < 4.78 is 0. The van der Waals surface area contributed by atoms with Crippen LogP contribution in [-0.4, -0.2) is 10.9 Å². The molecular formula is C43H58O2Zr. The number of allylic oxidation sites excluding steroid dienone is 1. The molecule has 0 heterocycles. The first-order chi connectivity index (χ1) is 20.6. The Bertz CT molecular complexity index is 1410. The van der Waals surface area contributed by atoms with Gasteiger partial charge in [-0.15, -0.1) is 0 Å². The maximum absolute atomic E-state index is 13.3. The van der Waals surface area contributed by atoms with E-state index in [1.165, 1.54) is 34.8 Å². The minimum absolute atomic E-state index is 0. The number of rotatable bonds is 5. The standard InChI is InChI=1S/C43H58O2.Zr/c1-40(2,3)34-21-31(22-35(25-34)41(4,5)6)29-18-30(32-23-36(42(7,8)9)26-37(24-32)43(10,11)12)20-33(19-29)39(45)27-38(44)28-16-14-13-15-17-28;/h18-28,45H,13-17H2,1-12H3;/b39-27-;. The van der Waals surface area contributed by atoms with Crippen molar-refractivity contribution in [3.05, 3.63) is 88.5 Å². The second-order valence-corrected chi connectivity index (χ2v) is 17.7. The van der Waals surface area contributed by atoms with Crippen LogP contribution in [0.2, 0.25) is 0 Å². The first-order valence-corrected chi connectivity index (χ1v) is 17.1. The monoisotopic (exact) mass is 696 g/mol. The van der Waals surface area contributed by atoms with Gasteiger partial charge in [0.1, 0.15) is 5.76 Å². The van der Waals surface area contributed by atoms with Gasteiger partial charge in [-0.3, -0.25) is 4.79 Å². The van der Waals surface area contributed by atoms with Gasteiger partial charge in [0.05, 0.1) is 0 Å². The Balaban J connectivity index is 0.00000576. The van der Waals surface area contributed by atoms with Gasteiger partial charge in [-0.1, -0.05) is 139 Å². The normalized spacial score (nSPS) is 15.4. The van der Waals surface area contributed by atoms with Crippen LogP contribution in [0, 0.1) is 5.92 Å². The van der Waals surface area contributed by atoms with Gasteiger partial charge in [0.2, 0.25) is 0 Å². The molecule has 0 aromatic heterocycles. The topological polar surface area (TPSA) is 37.3 Å². The maximum Gasteiger partial charge on any atom is 0.162 e. The van der Waals surface area contributed by atoms with Gasteiger partial charge in [0.15, 0.2) is 5.78 Å². The van der Waals surface area contributed by atoms with Crippen molar-refractivity contribution >= 4 is 11.5 Å². The molecule has 46 heavy (non-hydrogen) atoms. The Morgan fingerprint density at radius 2 is 0.870 bits per heavy atom. The fourth-order valence-electron chi connectivity index (χ4n) is 6.15. The van der Waals surface area contributed by atoms with E-state index in [1.807, 2.05) is 0 Å². The Kier molecular flexibility index (Phi) is 11.7. The number of carbonyl (C=O) groups is 1. The molecule has 1 aliphatic carbocycles. The molecule has 3 aromatic rings. The van der Waals surface area contributed by atoms with Crippen molar-refractivity contribution in [1.29, 1.82) is 0 Å². The Labute approximate surface area is 299 Å². The van der Waals surface area contributed by atoms with E-state index in [0.717, 1.165) is 47.9 Å². The van der Waals surface area contributed by atoms with Crippen molar-refractivity contribution in [3.63, 3.8) is 0 Å². The summed E-state index contributed by atoms with van der Waals surface area (Å²) in [4.78, 5) is 13.3. The van der Waals surface area contributed by atoms with Crippen molar-refractivity contribution < 1.29 is 36.1 Å². The third kappa shape index (κ3) is 9.43. The molecule has 0 saturated heterocycles. The molecule has 0 bridgehead atoms. The molecule has 1 N–H and O–H groups in total. The van der Waals surface area contributed by atoms with Gasteiger partial charge in [-0.25, -0.2) is 0 Å². The molecule has 0 radical (unpaired) electrons. The van der Waals surface area contributed by atoms with Crippen LogP contribution >= 0.6 is 0 Å². The van der Waals surface area contributed by atoms with E-state index in [1.54, 1.807) is 0 Å². The first-order valence-electron chi connectivity index (χ1n) is 17.1. The molecule has 1 aliphatic rings. The summed E-state index contributed by atoms with van der Waals surface area (Å²) >= 11 is 0. The number of hydrogen-bond acceptors (Lipinski definition) is 2. The molecule has 2 nitrogen and oxygen atoms in total. The number of ketones is 1. The second kappa shape index (κ2) is 14.1. The van der Waals surface area contributed by atoms with Gasteiger partial charge in [-0.05, 0) is 97.2 Å². The number of aliphatic hydroxyl groups excluding tert-OH is 1. The molecule has 0 atom stereocenters. The van der Waals surface area contributed by atoms with Crippen LogP contribution in [0.25, 0.3) is 28.0 Å². The quantitative estimate of drug-likeness (QED) is 0.213. The molecule has 1 fully saturated rings. The van der Waals surface area contributed by atoms with E-state index in [-0.39, 0.29) is 65.3 Å². The van der Waals surface area contributed by atoms with Crippen molar-refractivity contribution in [2.75, 3.05) is 0 Å². The van der Waals surface area contributed by atoms with Crippen LogP contribution in [0.4, 0.5) is 0 Å². The summed E-state index contributed by atoms with van der Waals surface area (Å²) in [5.41, 5.74) is 10.1. The van der Waals surface area contributed by atoms with Crippen LogP contribution in [0.1, 0.15) is 143 Å². The maximum atomic E-state index is 13.3. The molecule has 0 aliphatic heterocycles. The number of benzene rings is 3. The Morgan fingerprint density at radius 1 is 0.543 bits per heavy atom. The van der Waals surface area contributed by atoms with E-state index in [0.29, 0.717) is 5.56 Å². The summed E-state index contributed by atoms with van der Waals surface area (Å²) in [5, 5.41) is 11.5. The molecule has 4 rings (SSSR count). The minimum Gasteiger partial charge on any atom is -0.507 e. The number of hydrogen-bond donors (Lipinski definition) is 1. The SMILES string of the molecule is CC(C)(C)c1cc(-c2cc(/C(O)=C/C(=O)C3CCCCC3)cc(-c3cc(C(C)(C)C)cc(C(C)(C)C)c3)c2)cc(C(C)(C)C)c1.[Zr]. The van der Waals surface area contributed by atoms with E-state index in [2.05, 4.69) is 138 Å². The first kappa shape index (κ1) is 38.2. The zero-order valence-corrected chi connectivity index (χ0v) is 33.2. The molecule has 0 unspecified atom stereocenters. The largest absolute Gasteiger partial charge is 0.507 e. The van der Waals surface area contributed by atoms with Gasteiger partial charge >= 0.3 is 0 Å². The fraction of sp³-hybridized carbons (Fsp3) is 0.512. The molecule has 0 amide bonds. The predicted octanol–water partition coefficient (Wildman–Crippen LogP) is 12.3. The summed E-state index contributed by atoms with van der Waals surface area (Å²) in [5.74, 6) is 0.118. The summed E-state index contributed by atoms with van der Waals surface area (Å²) in [7, 11) is 0. The molecule has 3 aromatic carbocycles. The Morgan fingerprint density at radius 3 is 1.20 bits per heavy atom. The third-order valence-electron chi connectivity index (χ3n) is 9.51. The van der Waals surface area contributed by atoms with Crippen LogP contribution < -0.4 is 0 Å². The van der Waals surface area contributed by atoms with Crippen LogP contribution in [0.3, 0.4) is 0 Å². The minimum atomic E-state index is -0.0203. The summed E-state index contributed by atoms with van der Waals surface area (Å²) in [6.45, 7) is 27.1. The van der Waals surface area contributed by atoms with Crippen molar-refractivity contribution in [2.45, 2.75) is 137 Å². The summed E-state index contributed by atoms with van der Waals surface area (Å²) in [6.07, 6.45) is 6.70. The smallest absolute Gasteiger partial charge is 0.162 e. The predicted molar refractivity (Wildman–Crippen MR) is 194 cm³/mol. The molecule has 246 valence electrons. The van der Waals surface area contributed by atoms with E-state index >= 15 is 0 Å². The molecule has 0 spiro atoms. The van der Waals surface area contributed by atoms with E-state index in [9.17, 15) is 9.90 Å². The average Bonchev–Trinajstić information content (AvgIpc) is 2.95. The summed E-state index contributed by atoms with van der Waals surface area (Å²) in [6, 6.07) is 20.3. The van der Waals surface area contributed by atoms with Crippen molar-refractivity contribution in [2.24, 2.45) is 5.92 Å². The van der Waals surface area contributed by atoms with Gasteiger partial charge in [0, 0.05) is 43.8 Å². The number of aliphatic hydroxyl groups is 1. The molecule has 3 heteroatoms. The van der Waals surface area contributed by atoms with Crippen LogP contribution in [-0.2, 0) is 52.7 Å². The molecule has 1 saturated carbocycles. The zero-order valence-electron chi connectivity index (χ0n) is 30.7. The fourth-order valence-corrected chi connectivity index (χ4v) is 6.15. The van der Waals surface area contributed by atoms with Crippen LogP contribution in [0.5, 0.6) is 0 Å². The average molecular weight is 698 g/mol. The van der Waals surface area contributed by atoms with Gasteiger partial charge < -0.3 is 5.11 Å². The van der Waals surface area contributed by atoms with E-state index in [4.69, 9.17) is 0 Å². The zero-order chi connectivity index (χ0) is 33.5. The third-order valence-corrected chi connectivity index (χ3v) is 9.51. The molecular weight excluding hydrogens is 640 g/mol. The number of carbonyl (C=O) groups excluding carboxylic acids is 1. The van der Waals surface area contributed by atoms with Crippen LogP contribution in [0.15, 0.2) is 60.7 Å².